The summed E-state index contributed by atoms with van der Waals surface area (Å²) in [7, 11) is 0. The Bertz CT molecular complexity index is 3670. The minimum atomic E-state index is -0.506. The number of allylic oxidation sites excluding steroid dienone is 1. The number of rotatable bonds is 7. The second-order valence-electron chi connectivity index (χ2n) is 16.3. The summed E-state index contributed by atoms with van der Waals surface area (Å²) >= 11 is 0. The van der Waals surface area contributed by atoms with E-state index < -0.39 is 6.17 Å². The van der Waals surface area contributed by atoms with Gasteiger partial charge in [-0.25, -0.2) is 4.99 Å². The lowest BCUT2D eigenvalue weighted by atomic mass is 9.89. The molecular formula is C59H39N4O+. The number of hydrogen-bond acceptors (Lipinski definition) is 3. The maximum atomic E-state index is 11.0. The van der Waals surface area contributed by atoms with Gasteiger partial charge in [0.05, 0.1) is 28.0 Å². The van der Waals surface area contributed by atoms with E-state index in [1.54, 1.807) is 0 Å². The minimum Gasteiger partial charge on any atom is -0.453 e. The third-order valence-electron chi connectivity index (χ3n) is 12.6. The van der Waals surface area contributed by atoms with Gasteiger partial charge in [0.2, 0.25) is 6.17 Å². The number of nitriles is 1. The molecule has 3 heterocycles. The van der Waals surface area contributed by atoms with Crippen LogP contribution in [0.2, 0.25) is 0 Å². The number of nitrogens with two attached hydrogens (primary N) is 1. The smallest absolute Gasteiger partial charge is 0.213 e. The SMILES string of the molecule is N#CC1=C(c2ccccc2)[NH2+]C(c2c(-c3ccccc3)cc(-c3ccccc3)cc2-n2c3ccccc3c3ccc4c5cccc(-c6ccccc6)c5oc4c32)N=C1c1ccccc1. The van der Waals surface area contributed by atoms with Crippen molar-refractivity contribution < 1.29 is 9.73 Å². The van der Waals surface area contributed by atoms with E-state index in [0.29, 0.717) is 11.3 Å². The number of quaternary nitrogens is 1. The van der Waals surface area contributed by atoms with Crippen molar-refractivity contribution in [3.05, 3.63) is 241 Å². The Morgan fingerprint density at radius 3 is 1.69 bits per heavy atom. The zero-order valence-corrected chi connectivity index (χ0v) is 34.7. The lowest BCUT2D eigenvalue weighted by molar-refractivity contribution is -0.609. The molecule has 11 aromatic rings. The summed E-state index contributed by atoms with van der Waals surface area (Å²) in [4.78, 5) is 5.66. The van der Waals surface area contributed by atoms with Gasteiger partial charge >= 0.3 is 0 Å². The molecule has 0 amide bonds. The molecule has 1 aliphatic rings. The first-order chi connectivity index (χ1) is 31.7. The van der Waals surface area contributed by atoms with Gasteiger partial charge in [-0.05, 0) is 64.2 Å². The maximum absolute atomic E-state index is 11.0. The van der Waals surface area contributed by atoms with Gasteiger partial charge in [0.25, 0.3) is 0 Å². The fourth-order valence-corrected chi connectivity index (χ4v) is 9.73. The molecule has 1 unspecified atom stereocenters. The number of aromatic nitrogens is 1. The molecule has 5 nitrogen and oxygen atoms in total. The minimum absolute atomic E-state index is 0.506. The van der Waals surface area contributed by atoms with Crippen LogP contribution in [0.15, 0.2) is 233 Å². The molecule has 1 aliphatic heterocycles. The van der Waals surface area contributed by atoms with Crippen LogP contribution in [0, 0.1) is 11.3 Å². The molecule has 0 saturated carbocycles. The molecule has 0 spiro atoms. The average molecular weight is 820 g/mol. The number of benzene rings is 9. The van der Waals surface area contributed by atoms with Crippen molar-refractivity contribution in [3.8, 4) is 45.1 Å². The first-order valence-electron chi connectivity index (χ1n) is 21.6. The summed E-state index contributed by atoms with van der Waals surface area (Å²) in [6.45, 7) is 0. The summed E-state index contributed by atoms with van der Waals surface area (Å²) < 4.78 is 9.66. The van der Waals surface area contributed by atoms with E-state index >= 15 is 0 Å². The fourth-order valence-electron chi connectivity index (χ4n) is 9.73. The van der Waals surface area contributed by atoms with Gasteiger partial charge in [-0.15, -0.1) is 0 Å². The monoisotopic (exact) mass is 819 g/mol. The zero-order valence-electron chi connectivity index (χ0n) is 34.7. The van der Waals surface area contributed by atoms with E-state index in [9.17, 15) is 5.26 Å². The Hall–Kier alpha value is -8.56. The van der Waals surface area contributed by atoms with Crippen LogP contribution >= 0.6 is 0 Å². The standard InChI is InChI=1S/C59H38N4O/c60-37-50-54(41-25-12-4-13-26-41)61-59(62-55(50)42-27-14-5-15-28-42)53-49(40-23-10-3-11-24-40)35-43(38-19-6-1-7-20-38)36-52(53)63-51-32-17-16-29-45(51)46-33-34-48-47-31-18-30-44(39-21-8-2-9-22-39)57(47)64-58(48)56(46)63/h1-36,59,61H/p+1. The molecule has 0 saturated heterocycles. The number of nitrogens with zero attached hydrogens (tertiary/aromatic N) is 3. The predicted molar refractivity (Wildman–Crippen MR) is 261 cm³/mol. The Morgan fingerprint density at radius 1 is 0.469 bits per heavy atom. The van der Waals surface area contributed by atoms with Gasteiger partial charge in [-0.3, -0.25) is 5.32 Å². The van der Waals surface area contributed by atoms with Gasteiger partial charge < -0.3 is 8.98 Å². The molecule has 9 aromatic carbocycles. The van der Waals surface area contributed by atoms with Gasteiger partial charge in [-0.2, -0.15) is 5.26 Å². The van der Waals surface area contributed by atoms with E-state index in [1.165, 1.54) is 0 Å². The molecule has 1 atom stereocenters. The molecule has 2 N–H and O–H groups in total. The van der Waals surface area contributed by atoms with Crippen LogP contribution in [-0.2, 0) is 0 Å². The highest BCUT2D eigenvalue weighted by molar-refractivity contribution is 6.23. The number of furan rings is 1. The van der Waals surface area contributed by atoms with E-state index in [4.69, 9.17) is 9.41 Å². The molecule has 64 heavy (non-hydrogen) atoms. The summed E-state index contributed by atoms with van der Waals surface area (Å²) in [5.41, 5.74) is 16.1. The molecular weight excluding hydrogens is 781 g/mol. The zero-order chi connectivity index (χ0) is 42.6. The van der Waals surface area contributed by atoms with Crippen LogP contribution in [-0.4, -0.2) is 10.3 Å². The Labute approximate surface area is 370 Å². The molecule has 0 aliphatic carbocycles. The predicted octanol–water partition coefficient (Wildman–Crippen LogP) is 13.7. The van der Waals surface area contributed by atoms with Crippen LogP contribution in [0.4, 0.5) is 0 Å². The Balaban J connectivity index is 1.24. The maximum Gasteiger partial charge on any atom is 0.213 e. The van der Waals surface area contributed by atoms with Crippen molar-refractivity contribution in [2.45, 2.75) is 6.17 Å². The molecule has 0 fully saturated rings. The third-order valence-corrected chi connectivity index (χ3v) is 12.6. The normalized spacial score (nSPS) is 14.0. The third kappa shape index (κ3) is 6.08. The molecule has 2 aromatic heterocycles. The van der Waals surface area contributed by atoms with Crippen LogP contribution < -0.4 is 5.32 Å². The van der Waals surface area contributed by atoms with Crippen LogP contribution in [0.3, 0.4) is 0 Å². The van der Waals surface area contributed by atoms with Crippen molar-refractivity contribution in [2.24, 2.45) is 4.99 Å². The van der Waals surface area contributed by atoms with Gasteiger partial charge in [0, 0.05) is 38.2 Å². The fraction of sp³-hybridized carbons (Fsp3) is 0.0169. The lowest BCUT2D eigenvalue weighted by Crippen LogP contribution is -2.83. The molecule has 300 valence electrons. The van der Waals surface area contributed by atoms with Gasteiger partial charge in [0.1, 0.15) is 17.2 Å². The topological polar surface area (TPSA) is 70.8 Å². The Kier molecular flexibility index (Phi) is 8.96. The average Bonchev–Trinajstić information content (AvgIpc) is 3.93. The number of hydrogen-bond donors (Lipinski definition) is 1. The highest BCUT2D eigenvalue weighted by Gasteiger charge is 2.35. The van der Waals surface area contributed by atoms with E-state index in [0.717, 1.165) is 105 Å². The van der Waals surface area contributed by atoms with Crippen LogP contribution in [0.1, 0.15) is 22.9 Å². The number of para-hydroxylation sites is 2. The van der Waals surface area contributed by atoms with Crippen molar-refractivity contribution in [1.82, 2.24) is 4.57 Å². The lowest BCUT2D eigenvalue weighted by Gasteiger charge is -2.27. The molecule has 12 rings (SSSR count). The number of aliphatic imine (C=N–C) groups is 1. The van der Waals surface area contributed by atoms with E-state index in [2.05, 4.69) is 180 Å². The van der Waals surface area contributed by atoms with Crippen molar-refractivity contribution in [2.75, 3.05) is 0 Å². The van der Waals surface area contributed by atoms with Gasteiger partial charge in [0.15, 0.2) is 11.3 Å². The van der Waals surface area contributed by atoms with Crippen molar-refractivity contribution in [3.63, 3.8) is 0 Å². The largest absolute Gasteiger partial charge is 0.453 e. The van der Waals surface area contributed by atoms with Crippen molar-refractivity contribution in [1.29, 1.82) is 5.26 Å². The quantitative estimate of drug-likeness (QED) is 0.174. The van der Waals surface area contributed by atoms with Gasteiger partial charge in [-0.1, -0.05) is 182 Å². The van der Waals surface area contributed by atoms with E-state index in [-0.39, 0.29) is 0 Å². The summed E-state index contributed by atoms with van der Waals surface area (Å²) in [5, 5.41) is 17.5. The first-order valence-corrected chi connectivity index (χ1v) is 21.6. The van der Waals surface area contributed by atoms with Crippen molar-refractivity contribution >= 4 is 55.2 Å². The Morgan fingerprint density at radius 2 is 1.02 bits per heavy atom. The first kappa shape index (κ1) is 37.2. The van der Waals surface area contributed by atoms with E-state index in [1.807, 2.05) is 54.6 Å². The second-order valence-corrected chi connectivity index (χ2v) is 16.3. The summed E-state index contributed by atoms with van der Waals surface area (Å²) in [5.74, 6) is 0. The second kappa shape index (κ2) is 15.4. The van der Waals surface area contributed by atoms with Crippen LogP contribution in [0.25, 0.3) is 88.5 Å². The highest BCUT2D eigenvalue weighted by atomic mass is 16.3. The highest BCUT2D eigenvalue weighted by Crippen LogP contribution is 2.46. The molecule has 0 bridgehead atoms. The molecule has 0 radical (unpaired) electrons. The molecule has 5 heteroatoms. The summed E-state index contributed by atoms with van der Waals surface area (Å²) in [6, 6.07) is 78.9. The number of fused-ring (bicyclic) bond motifs is 7. The summed E-state index contributed by atoms with van der Waals surface area (Å²) in [6.07, 6.45) is -0.506. The van der Waals surface area contributed by atoms with Crippen LogP contribution in [0.5, 0.6) is 0 Å².